The van der Waals surface area contributed by atoms with E-state index in [2.05, 4.69) is 34.8 Å². The van der Waals surface area contributed by atoms with Gasteiger partial charge in [-0.2, -0.15) is 5.26 Å². The van der Waals surface area contributed by atoms with Crippen molar-refractivity contribution in [1.29, 1.82) is 5.26 Å². The third-order valence-corrected chi connectivity index (χ3v) is 3.10. The first-order chi connectivity index (χ1) is 8.64. The minimum atomic E-state index is 0.222. The highest BCUT2D eigenvalue weighted by Crippen LogP contribution is 2.20. The van der Waals surface area contributed by atoms with Crippen molar-refractivity contribution in [3.8, 4) is 6.07 Å². The number of nitrogens with one attached hydrogen (secondary N) is 1. The summed E-state index contributed by atoms with van der Waals surface area (Å²) >= 11 is 0. The first-order valence-corrected chi connectivity index (χ1v) is 6.67. The molecule has 0 atom stereocenters. The van der Waals surface area contributed by atoms with Gasteiger partial charge >= 0.3 is 0 Å². The van der Waals surface area contributed by atoms with E-state index in [1.807, 2.05) is 18.7 Å². The predicted molar refractivity (Wildman–Crippen MR) is 73.0 cm³/mol. The van der Waals surface area contributed by atoms with Crippen LogP contribution in [0.3, 0.4) is 0 Å². The summed E-state index contributed by atoms with van der Waals surface area (Å²) in [6.07, 6.45) is 9.63. The SMILES string of the molecule is CC(C)(CCC#N)CNCCCCn1ccnc1. The van der Waals surface area contributed by atoms with Gasteiger partial charge in [0.25, 0.3) is 0 Å². The second kappa shape index (κ2) is 7.88. The van der Waals surface area contributed by atoms with E-state index in [4.69, 9.17) is 5.26 Å². The van der Waals surface area contributed by atoms with Crippen LogP contribution in [0.1, 0.15) is 39.5 Å². The van der Waals surface area contributed by atoms with Crippen molar-refractivity contribution in [2.24, 2.45) is 5.41 Å². The standard InChI is InChI=1S/C14H24N4/c1-14(2,6-5-7-15)12-16-8-3-4-10-18-11-9-17-13-18/h9,11,13,16H,3-6,8,10,12H2,1-2H3. The zero-order valence-electron chi connectivity index (χ0n) is 11.5. The van der Waals surface area contributed by atoms with E-state index in [1.54, 1.807) is 0 Å². The van der Waals surface area contributed by atoms with E-state index in [9.17, 15) is 0 Å². The number of hydrogen-bond acceptors (Lipinski definition) is 3. The lowest BCUT2D eigenvalue weighted by molar-refractivity contribution is 0.317. The lowest BCUT2D eigenvalue weighted by Crippen LogP contribution is -2.30. The number of rotatable bonds is 9. The van der Waals surface area contributed by atoms with Crippen LogP contribution in [0.4, 0.5) is 0 Å². The van der Waals surface area contributed by atoms with Gasteiger partial charge in [0, 0.05) is 31.9 Å². The van der Waals surface area contributed by atoms with Gasteiger partial charge in [0.05, 0.1) is 12.4 Å². The summed E-state index contributed by atoms with van der Waals surface area (Å²) in [4.78, 5) is 4.02. The molecular weight excluding hydrogens is 224 g/mol. The molecule has 1 heterocycles. The highest BCUT2D eigenvalue weighted by atomic mass is 15.0. The molecule has 4 heteroatoms. The zero-order valence-corrected chi connectivity index (χ0v) is 11.5. The molecule has 1 aromatic rings. The van der Waals surface area contributed by atoms with E-state index in [0.29, 0.717) is 6.42 Å². The molecule has 0 saturated carbocycles. The van der Waals surface area contributed by atoms with Crippen molar-refractivity contribution in [1.82, 2.24) is 14.9 Å². The molecular formula is C14H24N4. The molecule has 0 unspecified atom stereocenters. The van der Waals surface area contributed by atoms with Crippen LogP contribution in [0.2, 0.25) is 0 Å². The summed E-state index contributed by atoms with van der Waals surface area (Å²) in [6, 6.07) is 2.21. The molecule has 1 rings (SSSR count). The van der Waals surface area contributed by atoms with Crippen LogP contribution in [0.25, 0.3) is 0 Å². The number of nitrogens with zero attached hydrogens (tertiary/aromatic N) is 3. The van der Waals surface area contributed by atoms with E-state index in [-0.39, 0.29) is 5.41 Å². The Morgan fingerprint density at radius 1 is 1.39 bits per heavy atom. The molecule has 4 nitrogen and oxygen atoms in total. The maximum atomic E-state index is 8.58. The predicted octanol–water partition coefficient (Wildman–Crippen LogP) is 2.58. The van der Waals surface area contributed by atoms with Gasteiger partial charge in [-0.15, -0.1) is 0 Å². The first-order valence-electron chi connectivity index (χ1n) is 6.67. The summed E-state index contributed by atoms with van der Waals surface area (Å²) in [5.74, 6) is 0. The Hall–Kier alpha value is -1.34. The molecule has 0 amide bonds. The third-order valence-electron chi connectivity index (χ3n) is 3.10. The molecule has 0 aliphatic heterocycles. The highest BCUT2D eigenvalue weighted by Gasteiger charge is 2.16. The van der Waals surface area contributed by atoms with Crippen LogP contribution >= 0.6 is 0 Å². The molecule has 18 heavy (non-hydrogen) atoms. The van der Waals surface area contributed by atoms with E-state index in [0.717, 1.165) is 26.1 Å². The third kappa shape index (κ3) is 6.41. The molecule has 0 spiro atoms. The monoisotopic (exact) mass is 248 g/mol. The maximum absolute atomic E-state index is 8.58. The quantitative estimate of drug-likeness (QED) is 0.683. The minimum Gasteiger partial charge on any atom is -0.337 e. The second-order valence-corrected chi connectivity index (χ2v) is 5.51. The Kier molecular flexibility index (Phi) is 6.45. The smallest absolute Gasteiger partial charge is 0.0945 e. The van der Waals surface area contributed by atoms with Gasteiger partial charge < -0.3 is 9.88 Å². The van der Waals surface area contributed by atoms with Crippen LogP contribution in [0.15, 0.2) is 18.7 Å². The lowest BCUT2D eigenvalue weighted by Gasteiger charge is -2.23. The molecule has 0 aromatic carbocycles. The molecule has 1 N–H and O–H groups in total. The van der Waals surface area contributed by atoms with Crippen LogP contribution in [-0.4, -0.2) is 22.6 Å². The number of aromatic nitrogens is 2. The average molecular weight is 248 g/mol. The Morgan fingerprint density at radius 3 is 2.89 bits per heavy atom. The van der Waals surface area contributed by atoms with Gasteiger partial charge in [-0.1, -0.05) is 13.8 Å². The average Bonchev–Trinajstić information content (AvgIpc) is 2.84. The van der Waals surface area contributed by atoms with Crippen LogP contribution in [0.5, 0.6) is 0 Å². The molecule has 0 radical (unpaired) electrons. The largest absolute Gasteiger partial charge is 0.337 e. The Morgan fingerprint density at radius 2 is 2.22 bits per heavy atom. The highest BCUT2D eigenvalue weighted by molar-refractivity contribution is 4.78. The Balaban J connectivity index is 1.99. The van der Waals surface area contributed by atoms with Crippen molar-refractivity contribution in [2.75, 3.05) is 13.1 Å². The zero-order chi connectivity index (χ0) is 13.3. The van der Waals surface area contributed by atoms with Gasteiger partial charge in [0.15, 0.2) is 0 Å². The number of imidazole rings is 1. The van der Waals surface area contributed by atoms with Gasteiger partial charge in [0.1, 0.15) is 0 Å². The Bertz CT molecular complexity index is 348. The first kappa shape index (κ1) is 14.7. The van der Waals surface area contributed by atoms with Crippen LogP contribution in [-0.2, 0) is 6.54 Å². The summed E-state index contributed by atoms with van der Waals surface area (Å²) in [7, 11) is 0. The van der Waals surface area contributed by atoms with Gasteiger partial charge in [-0.25, -0.2) is 4.98 Å². The van der Waals surface area contributed by atoms with Crippen molar-refractivity contribution in [3.05, 3.63) is 18.7 Å². The lowest BCUT2D eigenvalue weighted by atomic mass is 9.88. The van der Waals surface area contributed by atoms with Crippen molar-refractivity contribution >= 4 is 0 Å². The fourth-order valence-corrected chi connectivity index (χ4v) is 1.87. The normalized spacial score (nSPS) is 11.4. The minimum absolute atomic E-state index is 0.222. The number of unbranched alkanes of at least 4 members (excludes halogenated alkanes) is 1. The molecule has 0 aliphatic carbocycles. The van der Waals surface area contributed by atoms with Crippen molar-refractivity contribution in [2.45, 2.75) is 46.1 Å². The molecule has 0 aliphatic rings. The van der Waals surface area contributed by atoms with E-state index in [1.165, 1.54) is 12.8 Å². The fraction of sp³-hybridized carbons (Fsp3) is 0.714. The summed E-state index contributed by atoms with van der Waals surface area (Å²) in [5, 5.41) is 12.1. The molecule has 0 fully saturated rings. The molecule has 1 aromatic heterocycles. The maximum Gasteiger partial charge on any atom is 0.0945 e. The van der Waals surface area contributed by atoms with Crippen LogP contribution < -0.4 is 5.32 Å². The molecule has 0 bridgehead atoms. The fourth-order valence-electron chi connectivity index (χ4n) is 1.87. The topological polar surface area (TPSA) is 53.6 Å². The van der Waals surface area contributed by atoms with Gasteiger partial charge in [-0.3, -0.25) is 0 Å². The number of aryl methyl sites for hydroxylation is 1. The summed E-state index contributed by atoms with van der Waals surface area (Å²) in [5.41, 5.74) is 0.222. The molecule has 100 valence electrons. The van der Waals surface area contributed by atoms with E-state index < -0.39 is 0 Å². The van der Waals surface area contributed by atoms with Crippen molar-refractivity contribution < 1.29 is 0 Å². The van der Waals surface area contributed by atoms with Crippen molar-refractivity contribution in [3.63, 3.8) is 0 Å². The number of nitriles is 1. The van der Waals surface area contributed by atoms with Gasteiger partial charge in [-0.05, 0) is 31.2 Å². The van der Waals surface area contributed by atoms with E-state index >= 15 is 0 Å². The summed E-state index contributed by atoms with van der Waals surface area (Å²) < 4.78 is 2.11. The van der Waals surface area contributed by atoms with Crippen LogP contribution in [0, 0.1) is 16.7 Å². The Labute approximate surface area is 110 Å². The van der Waals surface area contributed by atoms with Gasteiger partial charge in [0.2, 0.25) is 0 Å². The summed E-state index contributed by atoms with van der Waals surface area (Å²) in [6.45, 7) is 7.50. The number of hydrogen-bond donors (Lipinski definition) is 1. The second-order valence-electron chi connectivity index (χ2n) is 5.51. The molecule has 0 saturated heterocycles.